The van der Waals surface area contributed by atoms with Crippen LogP contribution in [0.15, 0.2) is 55.1 Å². The molecule has 0 atom stereocenters. The molecule has 0 radical (unpaired) electrons. The van der Waals surface area contributed by atoms with Gasteiger partial charge in [-0.2, -0.15) is 5.26 Å². The van der Waals surface area contributed by atoms with E-state index in [9.17, 15) is 4.39 Å². The fourth-order valence-electron chi connectivity index (χ4n) is 2.63. The largest absolute Gasteiger partial charge is 0.307 e. The first kappa shape index (κ1) is 19.3. The Morgan fingerprint density at radius 2 is 2.08 bits per heavy atom. The number of anilines is 1. The molecule has 2 heterocycles. The molecule has 0 aliphatic rings. The fourth-order valence-corrected chi connectivity index (χ4v) is 2.63. The van der Waals surface area contributed by atoms with Crippen molar-refractivity contribution in [3.63, 3.8) is 0 Å². The molecule has 0 unspecified atom stereocenters. The smallest absolute Gasteiger partial charge is 0.145 e. The Bertz CT molecular complexity index is 836. The van der Waals surface area contributed by atoms with Crippen molar-refractivity contribution in [3.05, 3.63) is 77.8 Å². The van der Waals surface area contributed by atoms with Crippen LogP contribution in [0.5, 0.6) is 0 Å². The Morgan fingerprint density at radius 3 is 2.73 bits per heavy atom. The van der Waals surface area contributed by atoms with Crippen LogP contribution in [0.4, 0.5) is 10.2 Å². The van der Waals surface area contributed by atoms with Crippen molar-refractivity contribution >= 4 is 5.82 Å². The quantitative estimate of drug-likeness (QED) is 0.634. The lowest BCUT2D eigenvalue weighted by Gasteiger charge is -2.19. The number of allylic oxidation sites excluding steroid dienone is 2. The molecule has 134 valence electrons. The van der Waals surface area contributed by atoms with E-state index in [1.807, 2.05) is 43.2 Å². The van der Waals surface area contributed by atoms with Gasteiger partial charge in [0.1, 0.15) is 17.7 Å². The van der Waals surface area contributed by atoms with Crippen LogP contribution in [0.3, 0.4) is 0 Å². The molecule has 0 amide bonds. The molecule has 2 aromatic rings. The second-order valence-electron chi connectivity index (χ2n) is 6.08. The van der Waals surface area contributed by atoms with Gasteiger partial charge in [0.2, 0.25) is 0 Å². The molecule has 4 nitrogen and oxygen atoms in total. The maximum absolute atomic E-state index is 13.8. The highest BCUT2D eigenvalue weighted by atomic mass is 19.1. The number of rotatable bonds is 8. The zero-order valence-corrected chi connectivity index (χ0v) is 15.2. The monoisotopic (exact) mass is 350 g/mol. The summed E-state index contributed by atoms with van der Waals surface area (Å²) in [5, 5.41) is 8.75. The van der Waals surface area contributed by atoms with Crippen LogP contribution in [-0.2, 0) is 12.8 Å². The lowest BCUT2D eigenvalue weighted by Crippen LogP contribution is -2.13. The molecule has 26 heavy (non-hydrogen) atoms. The Balaban J connectivity index is 1.93. The fraction of sp³-hybridized carbons (Fsp3) is 0.286. The minimum absolute atomic E-state index is 0.249. The lowest BCUT2D eigenvalue weighted by molar-refractivity contribution is 0.587. The number of nitrogens with zero attached hydrogens (tertiary/aromatic N) is 4. The van der Waals surface area contributed by atoms with E-state index in [1.54, 1.807) is 6.20 Å². The molecule has 0 fully saturated rings. The average molecular weight is 350 g/mol. The van der Waals surface area contributed by atoms with Gasteiger partial charge in [-0.1, -0.05) is 12.7 Å². The molecular formula is C21H23FN4. The van der Waals surface area contributed by atoms with Gasteiger partial charge in [0.25, 0.3) is 0 Å². The summed E-state index contributed by atoms with van der Waals surface area (Å²) in [7, 11) is 0. The van der Waals surface area contributed by atoms with Gasteiger partial charge >= 0.3 is 0 Å². The van der Waals surface area contributed by atoms with Crippen LogP contribution in [0.1, 0.15) is 43.5 Å². The van der Waals surface area contributed by atoms with Crippen LogP contribution in [0.25, 0.3) is 0 Å². The summed E-state index contributed by atoms with van der Waals surface area (Å²) in [5.74, 6) is 0.437. The van der Waals surface area contributed by atoms with Crippen LogP contribution in [-0.4, -0.2) is 9.97 Å². The van der Waals surface area contributed by atoms with E-state index in [-0.39, 0.29) is 5.56 Å². The van der Waals surface area contributed by atoms with Crippen molar-refractivity contribution in [2.75, 3.05) is 4.90 Å². The van der Waals surface area contributed by atoms with E-state index in [4.69, 9.17) is 5.26 Å². The Labute approximate surface area is 154 Å². The van der Waals surface area contributed by atoms with E-state index in [1.165, 1.54) is 17.8 Å². The topological polar surface area (TPSA) is 52.8 Å². The van der Waals surface area contributed by atoms with E-state index in [0.29, 0.717) is 12.1 Å². The number of nitriles is 1. The Hall–Kier alpha value is -3.00. The summed E-state index contributed by atoms with van der Waals surface area (Å²) >= 11 is 0. The number of pyridine rings is 2. The third-order valence-corrected chi connectivity index (χ3v) is 3.94. The van der Waals surface area contributed by atoms with Gasteiger partial charge in [-0.05, 0) is 63.3 Å². The third kappa shape index (κ3) is 5.25. The summed E-state index contributed by atoms with van der Waals surface area (Å²) < 4.78 is 13.8. The van der Waals surface area contributed by atoms with E-state index in [0.717, 1.165) is 30.8 Å². The molecule has 0 aliphatic carbocycles. The molecule has 5 heteroatoms. The zero-order chi connectivity index (χ0) is 18.9. The zero-order valence-electron chi connectivity index (χ0n) is 15.2. The summed E-state index contributed by atoms with van der Waals surface area (Å²) in [6, 6.07) is 7.18. The molecule has 0 spiro atoms. The number of hydrogen-bond acceptors (Lipinski definition) is 4. The van der Waals surface area contributed by atoms with Crippen LogP contribution in [0.2, 0.25) is 0 Å². The van der Waals surface area contributed by atoms with Crippen molar-refractivity contribution in [2.24, 2.45) is 0 Å². The average Bonchev–Trinajstić information content (AvgIpc) is 2.64. The van der Waals surface area contributed by atoms with Gasteiger partial charge < -0.3 is 4.90 Å². The second kappa shape index (κ2) is 9.47. The van der Waals surface area contributed by atoms with Gasteiger partial charge in [-0.3, -0.25) is 4.98 Å². The summed E-state index contributed by atoms with van der Waals surface area (Å²) in [5.41, 5.74) is 2.74. The molecular weight excluding hydrogens is 327 g/mol. The summed E-state index contributed by atoms with van der Waals surface area (Å²) in [4.78, 5) is 10.4. The second-order valence-corrected chi connectivity index (χ2v) is 6.08. The number of halogens is 1. The van der Waals surface area contributed by atoms with Crippen LogP contribution < -0.4 is 4.90 Å². The van der Waals surface area contributed by atoms with Gasteiger partial charge in [-0.25, -0.2) is 9.37 Å². The van der Waals surface area contributed by atoms with Gasteiger partial charge in [0, 0.05) is 24.3 Å². The number of hydrogen-bond donors (Lipinski definition) is 0. The Kier molecular flexibility index (Phi) is 7.04. The molecule has 0 bridgehead atoms. The lowest BCUT2D eigenvalue weighted by atomic mass is 10.1. The van der Waals surface area contributed by atoms with Crippen molar-refractivity contribution in [3.8, 4) is 6.07 Å². The molecule has 0 aromatic carbocycles. The third-order valence-electron chi connectivity index (χ3n) is 3.94. The van der Waals surface area contributed by atoms with E-state index < -0.39 is 5.82 Å². The summed E-state index contributed by atoms with van der Waals surface area (Å²) in [6.45, 7) is 7.87. The molecule has 0 aliphatic heterocycles. The highest BCUT2D eigenvalue weighted by molar-refractivity contribution is 5.49. The molecule has 2 rings (SSSR count). The van der Waals surface area contributed by atoms with Crippen LogP contribution in [0, 0.1) is 17.1 Å². The van der Waals surface area contributed by atoms with Crippen LogP contribution >= 0.6 is 0 Å². The van der Waals surface area contributed by atoms with Crippen molar-refractivity contribution in [1.29, 1.82) is 5.26 Å². The van der Waals surface area contributed by atoms with Crippen molar-refractivity contribution in [1.82, 2.24) is 9.97 Å². The van der Waals surface area contributed by atoms with E-state index in [2.05, 4.69) is 22.6 Å². The number of unbranched alkanes of at least 4 members (excludes halogenated alkanes) is 1. The first-order chi connectivity index (χ1) is 12.5. The highest BCUT2D eigenvalue weighted by Gasteiger charge is 2.07. The molecule has 0 saturated carbocycles. The first-order valence-corrected chi connectivity index (χ1v) is 8.62. The van der Waals surface area contributed by atoms with Crippen molar-refractivity contribution in [2.45, 2.75) is 39.5 Å². The van der Waals surface area contributed by atoms with Gasteiger partial charge in [0.15, 0.2) is 0 Å². The maximum atomic E-state index is 13.8. The minimum atomic E-state index is -0.404. The minimum Gasteiger partial charge on any atom is -0.307 e. The van der Waals surface area contributed by atoms with Gasteiger partial charge in [-0.15, -0.1) is 0 Å². The normalized spacial score (nSPS) is 10.7. The van der Waals surface area contributed by atoms with E-state index >= 15 is 0 Å². The number of aryl methyl sites for hydroxylation is 2. The Morgan fingerprint density at radius 1 is 1.31 bits per heavy atom. The van der Waals surface area contributed by atoms with Crippen molar-refractivity contribution < 1.29 is 4.39 Å². The number of aromatic nitrogens is 2. The SMILES string of the molecule is C=C(C)N(/C=C\C)c1cc(CCCCc2ncc(C#N)cc2F)ccn1. The first-order valence-electron chi connectivity index (χ1n) is 8.62. The molecule has 2 aromatic heterocycles. The maximum Gasteiger partial charge on any atom is 0.145 e. The molecule has 0 N–H and O–H groups in total. The summed E-state index contributed by atoms with van der Waals surface area (Å²) in [6.07, 6.45) is 10.3. The predicted octanol–water partition coefficient (Wildman–Crippen LogP) is 4.93. The predicted molar refractivity (Wildman–Crippen MR) is 102 cm³/mol. The highest BCUT2D eigenvalue weighted by Crippen LogP contribution is 2.19. The van der Waals surface area contributed by atoms with Gasteiger partial charge in [0.05, 0.1) is 11.3 Å². The standard InChI is InChI=1S/C21H23FN4/c1-4-11-26(16(2)3)21-13-17(9-10-24-21)7-5-6-8-20-19(22)12-18(14-23)15-25-20/h4,9-13,15H,2,5-8H2,1,3H3/b11-4-. The molecule has 0 saturated heterocycles.